The molecule has 0 radical (unpaired) electrons. The van der Waals surface area contributed by atoms with Gasteiger partial charge in [-0.05, 0) is 42.7 Å². The number of ether oxygens (including phenoxy) is 1. The van der Waals surface area contributed by atoms with E-state index in [1.165, 1.54) is 4.90 Å². The van der Waals surface area contributed by atoms with Crippen LogP contribution in [0.25, 0.3) is 0 Å². The Bertz CT molecular complexity index is 876. The number of para-hydroxylation sites is 1. The van der Waals surface area contributed by atoms with Crippen LogP contribution in [0.2, 0.25) is 15.1 Å². The van der Waals surface area contributed by atoms with Crippen molar-refractivity contribution in [2.24, 2.45) is 0 Å². The number of halogens is 3. The normalized spacial score (nSPS) is 11.6. The van der Waals surface area contributed by atoms with E-state index in [2.05, 4.69) is 5.32 Å². The van der Waals surface area contributed by atoms with E-state index in [-0.39, 0.29) is 25.0 Å². The zero-order valence-corrected chi connectivity index (χ0v) is 19.2. The molecule has 2 rings (SSSR count). The van der Waals surface area contributed by atoms with Crippen LogP contribution in [0.15, 0.2) is 42.5 Å². The van der Waals surface area contributed by atoms with Crippen LogP contribution in [-0.4, -0.2) is 35.9 Å². The van der Waals surface area contributed by atoms with Gasteiger partial charge < -0.3 is 15.0 Å². The number of benzene rings is 2. The summed E-state index contributed by atoms with van der Waals surface area (Å²) in [6, 6.07) is 11.3. The lowest BCUT2D eigenvalue weighted by molar-refractivity contribution is -0.143. The summed E-state index contributed by atoms with van der Waals surface area (Å²) in [7, 11) is 0. The Morgan fingerprint density at radius 3 is 2.43 bits per heavy atom. The number of nitrogens with one attached hydrogen (secondary N) is 1. The van der Waals surface area contributed by atoms with Gasteiger partial charge in [-0.1, -0.05) is 66.8 Å². The molecule has 0 aliphatic carbocycles. The Balaban J connectivity index is 2.25. The van der Waals surface area contributed by atoms with Crippen molar-refractivity contribution in [2.45, 2.75) is 39.3 Å². The standard InChI is InChI=1S/C22H25Cl3N2O3/c1-3-11-26-22(29)19(4-2)27(13-15-9-10-16(23)12-18(15)25)21(28)14-30-20-8-6-5-7-17(20)24/h5-10,12,19H,3-4,11,13-14H2,1-2H3,(H,26,29)/t19-/m0/s1. The van der Waals surface area contributed by atoms with Gasteiger partial charge in [0.15, 0.2) is 6.61 Å². The molecule has 0 fully saturated rings. The minimum Gasteiger partial charge on any atom is -0.482 e. The van der Waals surface area contributed by atoms with Crippen LogP contribution in [0.3, 0.4) is 0 Å². The summed E-state index contributed by atoms with van der Waals surface area (Å²) in [6.45, 7) is 4.25. The van der Waals surface area contributed by atoms with Crippen LogP contribution >= 0.6 is 34.8 Å². The first-order chi connectivity index (χ1) is 14.4. The molecular weight excluding hydrogens is 447 g/mol. The van der Waals surface area contributed by atoms with Crippen LogP contribution in [0.1, 0.15) is 32.3 Å². The molecule has 162 valence electrons. The molecular formula is C22H25Cl3N2O3. The van der Waals surface area contributed by atoms with Crippen LogP contribution in [0, 0.1) is 0 Å². The van der Waals surface area contributed by atoms with Gasteiger partial charge in [0.05, 0.1) is 5.02 Å². The molecule has 2 aromatic rings. The van der Waals surface area contributed by atoms with Crippen molar-refractivity contribution < 1.29 is 14.3 Å². The monoisotopic (exact) mass is 470 g/mol. The maximum Gasteiger partial charge on any atom is 0.261 e. The summed E-state index contributed by atoms with van der Waals surface area (Å²) in [4.78, 5) is 27.3. The molecule has 1 N–H and O–H groups in total. The Morgan fingerprint density at radius 2 is 1.80 bits per heavy atom. The van der Waals surface area contributed by atoms with E-state index in [4.69, 9.17) is 39.5 Å². The number of carbonyl (C=O) groups excluding carboxylic acids is 2. The highest BCUT2D eigenvalue weighted by molar-refractivity contribution is 6.35. The second-order valence-electron chi connectivity index (χ2n) is 6.69. The topological polar surface area (TPSA) is 58.6 Å². The fourth-order valence-electron chi connectivity index (χ4n) is 2.90. The van der Waals surface area contributed by atoms with Gasteiger partial charge in [0.1, 0.15) is 11.8 Å². The quantitative estimate of drug-likeness (QED) is 0.507. The molecule has 5 nitrogen and oxygen atoms in total. The van der Waals surface area contributed by atoms with Gasteiger partial charge in [-0.2, -0.15) is 0 Å². The smallest absolute Gasteiger partial charge is 0.261 e. The van der Waals surface area contributed by atoms with Crippen molar-refractivity contribution in [3.8, 4) is 5.75 Å². The Kier molecular flexibility index (Phi) is 9.76. The summed E-state index contributed by atoms with van der Waals surface area (Å²) >= 11 is 18.4. The Labute approximate surface area is 192 Å². The lowest BCUT2D eigenvalue weighted by Crippen LogP contribution is -2.50. The van der Waals surface area contributed by atoms with E-state index in [9.17, 15) is 9.59 Å². The van der Waals surface area contributed by atoms with Crippen molar-refractivity contribution in [3.63, 3.8) is 0 Å². The summed E-state index contributed by atoms with van der Waals surface area (Å²) in [5.41, 5.74) is 0.689. The lowest BCUT2D eigenvalue weighted by atomic mass is 10.1. The van der Waals surface area contributed by atoms with Crippen molar-refractivity contribution in [1.29, 1.82) is 0 Å². The molecule has 0 saturated carbocycles. The predicted molar refractivity (Wildman–Crippen MR) is 121 cm³/mol. The molecule has 0 unspecified atom stereocenters. The highest BCUT2D eigenvalue weighted by atomic mass is 35.5. The van der Waals surface area contributed by atoms with E-state index >= 15 is 0 Å². The second kappa shape index (κ2) is 12.0. The third-order valence-corrected chi connectivity index (χ3v) is 5.38. The SMILES string of the molecule is CCCNC(=O)[C@H](CC)N(Cc1ccc(Cl)cc1Cl)C(=O)COc1ccccc1Cl. The van der Waals surface area contributed by atoms with Crippen molar-refractivity contribution in [3.05, 3.63) is 63.1 Å². The molecule has 2 aromatic carbocycles. The first-order valence-corrected chi connectivity index (χ1v) is 10.9. The van der Waals surface area contributed by atoms with Crippen LogP contribution < -0.4 is 10.1 Å². The average molecular weight is 472 g/mol. The second-order valence-corrected chi connectivity index (χ2v) is 7.94. The van der Waals surface area contributed by atoms with Gasteiger partial charge >= 0.3 is 0 Å². The number of carbonyl (C=O) groups is 2. The van der Waals surface area contributed by atoms with Gasteiger partial charge in [0.25, 0.3) is 5.91 Å². The van der Waals surface area contributed by atoms with E-state index in [1.54, 1.807) is 42.5 Å². The van der Waals surface area contributed by atoms with Gasteiger partial charge in [0, 0.05) is 23.1 Å². The zero-order valence-electron chi connectivity index (χ0n) is 17.0. The lowest BCUT2D eigenvalue weighted by Gasteiger charge is -2.31. The molecule has 8 heteroatoms. The molecule has 0 saturated heterocycles. The molecule has 0 spiro atoms. The van der Waals surface area contributed by atoms with E-state index in [0.29, 0.717) is 39.3 Å². The van der Waals surface area contributed by atoms with E-state index in [1.807, 2.05) is 13.8 Å². The van der Waals surface area contributed by atoms with Crippen LogP contribution in [-0.2, 0) is 16.1 Å². The fraction of sp³-hybridized carbons (Fsp3) is 0.364. The molecule has 0 aromatic heterocycles. The maximum absolute atomic E-state index is 13.1. The molecule has 0 aliphatic rings. The predicted octanol–water partition coefficient (Wildman–Crippen LogP) is 5.36. The Hall–Kier alpha value is -1.95. The molecule has 0 bridgehead atoms. The van der Waals surface area contributed by atoms with E-state index < -0.39 is 6.04 Å². The highest BCUT2D eigenvalue weighted by Crippen LogP contribution is 2.25. The van der Waals surface area contributed by atoms with Gasteiger partial charge in [-0.25, -0.2) is 0 Å². The first kappa shape index (κ1) is 24.3. The molecule has 1 atom stereocenters. The third-order valence-electron chi connectivity index (χ3n) is 4.48. The Morgan fingerprint density at radius 1 is 1.07 bits per heavy atom. The molecule has 2 amide bonds. The summed E-state index contributed by atoms with van der Waals surface area (Å²) in [5.74, 6) is -0.157. The molecule has 0 heterocycles. The number of amides is 2. The zero-order chi connectivity index (χ0) is 22.1. The minimum atomic E-state index is -0.661. The molecule has 0 aliphatic heterocycles. The average Bonchev–Trinajstić information content (AvgIpc) is 2.72. The largest absolute Gasteiger partial charge is 0.482 e. The van der Waals surface area contributed by atoms with Crippen LogP contribution in [0.5, 0.6) is 5.75 Å². The maximum atomic E-state index is 13.1. The van der Waals surface area contributed by atoms with E-state index in [0.717, 1.165) is 6.42 Å². The number of nitrogens with zero attached hydrogens (tertiary/aromatic N) is 1. The number of hydrogen-bond acceptors (Lipinski definition) is 3. The summed E-state index contributed by atoms with van der Waals surface area (Å²) < 4.78 is 5.61. The molecule has 30 heavy (non-hydrogen) atoms. The third kappa shape index (κ3) is 6.79. The first-order valence-electron chi connectivity index (χ1n) is 9.75. The summed E-state index contributed by atoms with van der Waals surface area (Å²) in [5, 5.41) is 4.19. The van der Waals surface area contributed by atoms with Gasteiger partial charge in [0.2, 0.25) is 5.91 Å². The van der Waals surface area contributed by atoms with Gasteiger partial charge in [-0.15, -0.1) is 0 Å². The van der Waals surface area contributed by atoms with Crippen molar-refractivity contribution >= 4 is 46.6 Å². The summed E-state index contributed by atoms with van der Waals surface area (Å²) in [6.07, 6.45) is 1.24. The van der Waals surface area contributed by atoms with Crippen molar-refractivity contribution in [2.75, 3.05) is 13.2 Å². The highest BCUT2D eigenvalue weighted by Gasteiger charge is 2.29. The van der Waals surface area contributed by atoms with Crippen molar-refractivity contribution in [1.82, 2.24) is 10.2 Å². The number of rotatable bonds is 10. The van der Waals surface area contributed by atoms with Gasteiger partial charge in [-0.3, -0.25) is 9.59 Å². The van der Waals surface area contributed by atoms with Crippen LogP contribution in [0.4, 0.5) is 0 Å². The minimum absolute atomic E-state index is 0.152. The fourth-order valence-corrected chi connectivity index (χ4v) is 3.56. The number of hydrogen-bond donors (Lipinski definition) is 1.